The van der Waals surface area contributed by atoms with Crippen molar-refractivity contribution in [1.82, 2.24) is 9.62 Å². The first-order valence-electron chi connectivity index (χ1n) is 8.69. The molecule has 1 unspecified atom stereocenters. The second-order valence-corrected chi connectivity index (χ2v) is 8.37. The number of nitrogens with zero attached hydrogens (tertiary/aromatic N) is 1. The molecule has 1 atom stereocenters. The fourth-order valence-electron chi connectivity index (χ4n) is 2.74. The van der Waals surface area contributed by atoms with Gasteiger partial charge in [0.1, 0.15) is 0 Å². The second-order valence-electron chi connectivity index (χ2n) is 6.39. The summed E-state index contributed by atoms with van der Waals surface area (Å²) in [5.41, 5.74) is 2.14. The van der Waals surface area contributed by atoms with Crippen LogP contribution in [0.5, 0.6) is 0 Å². The number of nitrogens with one attached hydrogen (secondary N) is 1. The zero-order chi connectivity index (χ0) is 19.0. The molecule has 0 heterocycles. The highest BCUT2D eigenvalue weighted by Gasteiger charge is 2.20. The standard InChI is InChI=1S/C20H26N2O3S/c1-17(19-13-7-4-8-14-19)21-20(23)16-22(26(2,24)25)15-9-12-18-10-5-3-6-11-18/h3-8,10-11,13-14,17H,9,12,15-16H2,1-2H3,(H,21,23). The number of amides is 1. The Balaban J connectivity index is 1.89. The summed E-state index contributed by atoms with van der Waals surface area (Å²) in [5, 5.41) is 2.86. The largest absolute Gasteiger partial charge is 0.348 e. The van der Waals surface area contributed by atoms with Gasteiger partial charge in [0.05, 0.1) is 18.8 Å². The molecule has 2 aromatic rings. The molecule has 0 saturated heterocycles. The van der Waals surface area contributed by atoms with E-state index in [4.69, 9.17) is 0 Å². The molecule has 0 bridgehead atoms. The van der Waals surface area contributed by atoms with E-state index in [1.165, 1.54) is 4.31 Å². The van der Waals surface area contributed by atoms with Gasteiger partial charge >= 0.3 is 0 Å². The lowest BCUT2D eigenvalue weighted by Crippen LogP contribution is -2.41. The zero-order valence-electron chi connectivity index (χ0n) is 15.3. The Morgan fingerprint density at radius 1 is 1.04 bits per heavy atom. The fraction of sp³-hybridized carbons (Fsp3) is 0.350. The number of rotatable bonds is 9. The molecule has 2 rings (SSSR count). The zero-order valence-corrected chi connectivity index (χ0v) is 16.1. The van der Waals surface area contributed by atoms with Crippen molar-refractivity contribution in [1.29, 1.82) is 0 Å². The normalized spacial score (nSPS) is 12.7. The molecule has 140 valence electrons. The molecule has 1 N–H and O–H groups in total. The van der Waals surface area contributed by atoms with Gasteiger partial charge in [0.2, 0.25) is 15.9 Å². The third-order valence-corrected chi connectivity index (χ3v) is 5.43. The van der Waals surface area contributed by atoms with Crippen LogP contribution in [-0.2, 0) is 21.2 Å². The minimum absolute atomic E-state index is 0.162. The van der Waals surface area contributed by atoms with Gasteiger partial charge in [-0.05, 0) is 30.9 Å². The van der Waals surface area contributed by atoms with E-state index in [0.717, 1.165) is 23.8 Å². The van der Waals surface area contributed by atoms with Gasteiger partial charge in [-0.1, -0.05) is 60.7 Å². The lowest BCUT2D eigenvalue weighted by molar-refractivity contribution is -0.121. The van der Waals surface area contributed by atoms with Gasteiger partial charge in [0, 0.05) is 6.54 Å². The molecule has 0 aromatic heterocycles. The van der Waals surface area contributed by atoms with Crippen LogP contribution in [0, 0.1) is 0 Å². The van der Waals surface area contributed by atoms with E-state index >= 15 is 0 Å². The SMILES string of the molecule is CC(NC(=O)CN(CCCc1ccccc1)S(C)(=O)=O)c1ccccc1. The van der Waals surface area contributed by atoms with Crippen molar-refractivity contribution in [2.45, 2.75) is 25.8 Å². The number of carbonyl (C=O) groups excluding carboxylic acids is 1. The Labute approximate surface area is 156 Å². The molecule has 0 saturated carbocycles. The predicted octanol–water partition coefficient (Wildman–Crippen LogP) is 2.76. The minimum Gasteiger partial charge on any atom is -0.348 e. The molecule has 0 aliphatic rings. The molecule has 1 amide bonds. The van der Waals surface area contributed by atoms with Crippen LogP contribution in [-0.4, -0.2) is 38.0 Å². The van der Waals surface area contributed by atoms with E-state index in [1.807, 2.05) is 67.6 Å². The number of benzene rings is 2. The lowest BCUT2D eigenvalue weighted by atomic mass is 10.1. The van der Waals surface area contributed by atoms with Crippen molar-refractivity contribution in [3.63, 3.8) is 0 Å². The van der Waals surface area contributed by atoms with Gasteiger partial charge in [0.15, 0.2) is 0 Å². The van der Waals surface area contributed by atoms with Crippen LogP contribution >= 0.6 is 0 Å². The van der Waals surface area contributed by atoms with Crippen molar-refractivity contribution in [3.05, 3.63) is 71.8 Å². The first-order chi connectivity index (χ1) is 12.4. The Hall–Kier alpha value is -2.18. The van der Waals surface area contributed by atoms with Crippen LogP contribution in [0.15, 0.2) is 60.7 Å². The van der Waals surface area contributed by atoms with Crippen LogP contribution in [0.25, 0.3) is 0 Å². The summed E-state index contributed by atoms with van der Waals surface area (Å²) in [7, 11) is -3.44. The third-order valence-electron chi connectivity index (χ3n) is 4.18. The van der Waals surface area contributed by atoms with E-state index in [0.29, 0.717) is 13.0 Å². The first kappa shape index (κ1) is 20.1. The maximum absolute atomic E-state index is 12.3. The lowest BCUT2D eigenvalue weighted by Gasteiger charge is -2.21. The summed E-state index contributed by atoms with van der Waals surface area (Å²) in [6, 6.07) is 19.3. The average molecular weight is 375 g/mol. The molecular weight excluding hydrogens is 348 g/mol. The van der Waals surface area contributed by atoms with Crippen molar-refractivity contribution in [3.8, 4) is 0 Å². The second kappa shape index (κ2) is 9.50. The highest BCUT2D eigenvalue weighted by molar-refractivity contribution is 7.88. The van der Waals surface area contributed by atoms with E-state index in [9.17, 15) is 13.2 Å². The van der Waals surface area contributed by atoms with Gasteiger partial charge in [-0.15, -0.1) is 0 Å². The van der Waals surface area contributed by atoms with Gasteiger partial charge in [-0.2, -0.15) is 4.31 Å². The molecule has 0 fully saturated rings. The number of aryl methyl sites for hydroxylation is 1. The van der Waals surface area contributed by atoms with E-state index < -0.39 is 10.0 Å². The minimum atomic E-state index is -3.44. The molecule has 6 heteroatoms. The number of hydrogen-bond donors (Lipinski definition) is 1. The van der Waals surface area contributed by atoms with Gasteiger partial charge in [0.25, 0.3) is 0 Å². The Kier molecular flexibility index (Phi) is 7.36. The van der Waals surface area contributed by atoms with Crippen molar-refractivity contribution in [2.75, 3.05) is 19.3 Å². The van der Waals surface area contributed by atoms with Gasteiger partial charge < -0.3 is 5.32 Å². The van der Waals surface area contributed by atoms with Crippen LogP contribution in [0.4, 0.5) is 0 Å². The topological polar surface area (TPSA) is 66.5 Å². The van der Waals surface area contributed by atoms with Crippen LogP contribution in [0.2, 0.25) is 0 Å². The van der Waals surface area contributed by atoms with Gasteiger partial charge in [-0.25, -0.2) is 8.42 Å². The van der Waals surface area contributed by atoms with Crippen molar-refractivity contribution < 1.29 is 13.2 Å². The quantitative estimate of drug-likeness (QED) is 0.734. The number of carbonyl (C=O) groups is 1. The van der Waals surface area contributed by atoms with E-state index in [1.54, 1.807) is 0 Å². The number of sulfonamides is 1. The molecule has 2 aromatic carbocycles. The van der Waals surface area contributed by atoms with Crippen LogP contribution in [0.1, 0.15) is 30.5 Å². The molecule has 26 heavy (non-hydrogen) atoms. The molecule has 0 radical (unpaired) electrons. The highest BCUT2D eigenvalue weighted by Crippen LogP contribution is 2.11. The molecule has 0 spiro atoms. The maximum Gasteiger partial charge on any atom is 0.235 e. The Bertz CT molecular complexity index is 792. The van der Waals surface area contributed by atoms with Crippen LogP contribution in [0.3, 0.4) is 0 Å². The highest BCUT2D eigenvalue weighted by atomic mass is 32.2. The van der Waals surface area contributed by atoms with Crippen LogP contribution < -0.4 is 5.32 Å². The van der Waals surface area contributed by atoms with Crippen molar-refractivity contribution in [2.24, 2.45) is 0 Å². The van der Waals surface area contributed by atoms with E-state index in [2.05, 4.69) is 5.32 Å². The van der Waals surface area contributed by atoms with E-state index in [-0.39, 0.29) is 18.5 Å². The van der Waals surface area contributed by atoms with Crippen molar-refractivity contribution >= 4 is 15.9 Å². The summed E-state index contributed by atoms with van der Waals surface area (Å²) >= 11 is 0. The Morgan fingerprint density at radius 2 is 1.62 bits per heavy atom. The smallest absolute Gasteiger partial charge is 0.235 e. The summed E-state index contributed by atoms with van der Waals surface area (Å²) in [5.74, 6) is -0.300. The molecule has 5 nitrogen and oxygen atoms in total. The first-order valence-corrected chi connectivity index (χ1v) is 10.5. The maximum atomic E-state index is 12.3. The summed E-state index contributed by atoms with van der Waals surface area (Å²) in [4.78, 5) is 12.3. The monoisotopic (exact) mass is 374 g/mol. The Morgan fingerprint density at radius 3 is 2.19 bits per heavy atom. The van der Waals surface area contributed by atoms with Gasteiger partial charge in [-0.3, -0.25) is 4.79 Å². The third kappa shape index (κ3) is 6.61. The molecule has 0 aliphatic heterocycles. The predicted molar refractivity (Wildman–Crippen MR) is 104 cm³/mol. The summed E-state index contributed by atoms with van der Waals surface area (Å²) in [6.45, 7) is 2.04. The average Bonchev–Trinajstić information content (AvgIpc) is 2.61. The molecular formula is C20H26N2O3S. The fourth-order valence-corrected chi connectivity index (χ4v) is 3.55. The number of hydrogen-bond acceptors (Lipinski definition) is 3. The summed E-state index contributed by atoms with van der Waals surface area (Å²) < 4.78 is 25.3. The summed E-state index contributed by atoms with van der Waals surface area (Å²) in [6.07, 6.45) is 2.58. The molecule has 0 aliphatic carbocycles.